The van der Waals surface area contributed by atoms with Crippen LogP contribution in [0, 0.1) is 16.7 Å². The SMILES string of the molecule is CCCC(C#N)(CCC)C(=O)NCCc1ncc[nH]1. The number of hydrogen-bond acceptors (Lipinski definition) is 3. The molecule has 19 heavy (non-hydrogen) atoms. The summed E-state index contributed by atoms with van der Waals surface area (Å²) in [6.45, 7) is 4.50. The van der Waals surface area contributed by atoms with Gasteiger partial charge in [-0.05, 0) is 12.8 Å². The van der Waals surface area contributed by atoms with Crippen LogP contribution < -0.4 is 5.32 Å². The van der Waals surface area contributed by atoms with Gasteiger partial charge in [0.2, 0.25) is 5.91 Å². The number of amides is 1. The van der Waals surface area contributed by atoms with Crippen LogP contribution >= 0.6 is 0 Å². The molecule has 5 nitrogen and oxygen atoms in total. The monoisotopic (exact) mass is 262 g/mol. The molecule has 1 aromatic rings. The number of aromatic amines is 1. The first kappa shape index (κ1) is 15.2. The normalized spacial score (nSPS) is 11.0. The molecule has 0 spiro atoms. The minimum absolute atomic E-state index is 0.148. The van der Waals surface area contributed by atoms with Gasteiger partial charge in [0.25, 0.3) is 0 Å². The molecule has 0 atom stereocenters. The van der Waals surface area contributed by atoms with Gasteiger partial charge in [-0.15, -0.1) is 0 Å². The van der Waals surface area contributed by atoms with Gasteiger partial charge in [-0.25, -0.2) is 4.98 Å². The topological polar surface area (TPSA) is 81.6 Å². The highest BCUT2D eigenvalue weighted by Crippen LogP contribution is 2.29. The van der Waals surface area contributed by atoms with Gasteiger partial charge in [0.1, 0.15) is 11.2 Å². The first-order valence-corrected chi connectivity index (χ1v) is 6.86. The van der Waals surface area contributed by atoms with Crippen LogP contribution in [0.3, 0.4) is 0 Å². The number of carbonyl (C=O) groups is 1. The van der Waals surface area contributed by atoms with E-state index in [1.165, 1.54) is 0 Å². The molecular formula is C14H22N4O. The number of aromatic nitrogens is 2. The molecule has 5 heteroatoms. The summed E-state index contributed by atoms with van der Waals surface area (Å²) in [5.41, 5.74) is -0.868. The van der Waals surface area contributed by atoms with Crippen LogP contribution in [-0.4, -0.2) is 22.4 Å². The zero-order valence-electron chi connectivity index (χ0n) is 11.7. The van der Waals surface area contributed by atoms with Crippen molar-refractivity contribution in [3.05, 3.63) is 18.2 Å². The van der Waals surface area contributed by atoms with E-state index in [2.05, 4.69) is 21.4 Å². The van der Waals surface area contributed by atoms with Gasteiger partial charge in [-0.2, -0.15) is 5.26 Å². The number of rotatable bonds is 8. The number of hydrogen-bond donors (Lipinski definition) is 2. The van der Waals surface area contributed by atoms with Crippen LogP contribution in [0.5, 0.6) is 0 Å². The summed E-state index contributed by atoms with van der Waals surface area (Å²) in [6.07, 6.45) is 6.99. The summed E-state index contributed by atoms with van der Waals surface area (Å²) in [6, 6.07) is 2.23. The highest BCUT2D eigenvalue weighted by atomic mass is 16.2. The smallest absolute Gasteiger partial charge is 0.240 e. The first-order chi connectivity index (χ1) is 9.18. The highest BCUT2D eigenvalue weighted by Gasteiger charge is 2.36. The van der Waals surface area contributed by atoms with E-state index in [0.29, 0.717) is 25.8 Å². The van der Waals surface area contributed by atoms with E-state index in [9.17, 15) is 10.1 Å². The second kappa shape index (κ2) is 7.57. The summed E-state index contributed by atoms with van der Waals surface area (Å²) < 4.78 is 0. The lowest BCUT2D eigenvalue weighted by Crippen LogP contribution is -2.41. The molecule has 0 fully saturated rings. The van der Waals surface area contributed by atoms with Gasteiger partial charge in [0.05, 0.1) is 6.07 Å². The lowest BCUT2D eigenvalue weighted by Gasteiger charge is -2.24. The Morgan fingerprint density at radius 2 is 2.16 bits per heavy atom. The molecule has 0 saturated carbocycles. The standard InChI is InChI=1S/C14H22N4O/c1-3-6-14(11-15,7-4-2)13(19)18-8-5-12-16-9-10-17-12/h9-10H,3-8H2,1-2H3,(H,16,17)(H,18,19). The molecule has 0 bridgehead atoms. The maximum Gasteiger partial charge on any atom is 0.240 e. The van der Waals surface area contributed by atoms with E-state index >= 15 is 0 Å². The minimum Gasteiger partial charge on any atom is -0.354 e. The van der Waals surface area contributed by atoms with Gasteiger partial charge < -0.3 is 10.3 Å². The lowest BCUT2D eigenvalue weighted by atomic mass is 9.80. The maximum absolute atomic E-state index is 12.2. The molecule has 1 heterocycles. The third kappa shape index (κ3) is 4.09. The number of carbonyl (C=O) groups excluding carboxylic acids is 1. The summed E-state index contributed by atoms with van der Waals surface area (Å²) in [7, 11) is 0. The predicted molar refractivity (Wildman–Crippen MR) is 73.2 cm³/mol. The quantitative estimate of drug-likeness (QED) is 0.753. The average Bonchev–Trinajstić information content (AvgIpc) is 2.91. The number of nitriles is 1. The Morgan fingerprint density at radius 3 is 2.63 bits per heavy atom. The van der Waals surface area contributed by atoms with Crippen molar-refractivity contribution >= 4 is 5.91 Å². The number of nitrogens with zero attached hydrogens (tertiary/aromatic N) is 2. The van der Waals surface area contributed by atoms with Gasteiger partial charge >= 0.3 is 0 Å². The Hall–Kier alpha value is -1.83. The zero-order valence-corrected chi connectivity index (χ0v) is 11.7. The van der Waals surface area contributed by atoms with Gasteiger partial charge in [-0.3, -0.25) is 4.79 Å². The fourth-order valence-electron chi connectivity index (χ4n) is 2.27. The van der Waals surface area contributed by atoms with Crippen molar-refractivity contribution in [3.63, 3.8) is 0 Å². The Balaban J connectivity index is 2.54. The van der Waals surface area contributed by atoms with Crippen molar-refractivity contribution in [2.24, 2.45) is 5.41 Å². The molecule has 1 rings (SSSR count). The molecule has 0 aliphatic rings. The van der Waals surface area contributed by atoms with Gasteiger partial charge in [0.15, 0.2) is 0 Å². The number of nitrogens with one attached hydrogen (secondary N) is 2. The van der Waals surface area contributed by atoms with Crippen LogP contribution in [0.4, 0.5) is 0 Å². The highest BCUT2D eigenvalue weighted by molar-refractivity contribution is 5.85. The van der Waals surface area contributed by atoms with E-state index < -0.39 is 5.41 Å². The third-order valence-corrected chi connectivity index (χ3v) is 3.20. The Morgan fingerprint density at radius 1 is 1.47 bits per heavy atom. The van der Waals surface area contributed by atoms with Crippen LogP contribution in [0.2, 0.25) is 0 Å². The molecule has 2 N–H and O–H groups in total. The summed E-state index contributed by atoms with van der Waals surface area (Å²) >= 11 is 0. The van der Waals surface area contributed by atoms with E-state index in [1.807, 2.05) is 13.8 Å². The van der Waals surface area contributed by atoms with Crippen molar-refractivity contribution < 1.29 is 4.79 Å². The molecule has 0 unspecified atom stereocenters. The largest absolute Gasteiger partial charge is 0.354 e. The number of H-pyrrole nitrogens is 1. The summed E-state index contributed by atoms with van der Waals surface area (Å²) in [5, 5.41) is 12.2. The molecule has 0 aromatic carbocycles. The predicted octanol–water partition coefficient (Wildman–Crippen LogP) is 2.18. The van der Waals surface area contributed by atoms with Crippen molar-refractivity contribution in [1.82, 2.24) is 15.3 Å². The minimum atomic E-state index is -0.868. The molecule has 104 valence electrons. The summed E-state index contributed by atoms with van der Waals surface area (Å²) in [5.74, 6) is 0.694. The van der Waals surface area contributed by atoms with Crippen molar-refractivity contribution in [2.45, 2.75) is 46.0 Å². The molecule has 0 saturated heterocycles. The Bertz CT molecular complexity index is 413. The average molecular weight is 262 g/mol. The maximum atomic E-state index is 12.2. The zero-order chi connectivity index (χ0) is 14.1. The van der Waals surface area contributed by atoms with Crippen LogP contribution in [0.1, 0.15) is 45.4 Å². The third-order valence-electron chi connectivity index (χ3n) is 3.20. The van der Waals surface area contributed by atoms with Gasteiger partial charge in [0, 0.05) is 25.4 Å². The van der Waals surface area contributed by atoms with E-state index in [4.69, 9.17) is 0 Å². The Labute approximate surface area is 114 Å². The second-order valence-electron chi connectivity index (χ2n) is 4.74. The fraction of sp³-hybridized carbons (Fsp3) is 0.643. The van der Waals surface area contributed by atoms with E-state index in [0.717, 1.165) is 18.7 Å². The summed E-state index contributed by atoms with van der Waals surface area (Å²) in [4.78, 5) is 19.3. The van der Waals surface area contributed by atoms with E-state index in [-0.39, 0.29) is 5.91 Å². The second-order valence-corrected chi connectivity index (χ2v) is 4.74. The molecule has 1 amide bonds. The van der Waals surface area contributed by atoms with Crippen molar-refractivity contribution in [3.8, 4) is 6.07 Å². The molecule has 0 radical (unpaired) electrons. The van der Waals surface area contributed by atoms with Crippen LogP contribution in [-0.2, 0) is 11.2 Å². The Kier molecular flexibility index (Phi) is 6.07. The van der Waals surface area contributed by atoms with Crippen molar-refractivity contribution in [1.29, 1.82) is 5.26 Å². The van der Waals surface area contributed by atoms with Crippen molar-refractivity contribution in [2.75, 3.05) is 6.54 Å². The molecular weight excluding hydrogens is 240 g/mol. The lowest BCUT2D eigenvalue weighted by molar-refractivity contribution is -0.128. The fourth-order valence-corrected chi connectivity index (χ4v) is 2.27. The van der Waals surface area contributed by atoms with Crippen LogP contribution in [0.25, 0.3) is 0 Å². The van der Waals surface area contributed by atoms with Crippen LogP contribution in [0.15, 0.2) is 12.4 Å². The number of imidazole rings is 1. The van der Waals surface area contributed by atoms with Gasteiger partial charge in [-0.1, -0.05) is 26.7 Å². The molecule has 1 aromatic heterocycles. The van der Waals surface area contributed by atoms with E-state index in [1.54, 1.807) is 12.4 Å². The molecule has 0 aliphatic heterocycles. The molecule has 0 aliphatic carbocycles. The first-order valence-electron chi connectivity index (χ1n) is 6.86.